The summed E-state index contributed by atoms with van der Waals surface area (Å²) >= 11 is 0. The van der Waals surface area contributed by atoms with Crippen molar-refractivity contribution >= 4 is 5.91 Å². The summed E-state index contributed by atoms with van der Waals surface area (Å²) in [7, 11) is 0. The van der Waals surface area contributed by atoms with Gasteiger partial charge in [-0.25, -0.2) is 0 Å². The Morgan fingerprint density at radius 3 is 2.59 bits per heavy atom. The molecule has 2 aromatic rings. The van der Waals surface area contributed by atoms with Crippen molar-refractivity contribution in [2.75, 3.05) is 13.2 Å². The predicted octanol–water partition coefficient (Wildman–Crippen LogP) is 4.56. The second-order valence-corrected chi connectivity index (χ2v) is 10.5. The normalized spacial score (nSPS) is 32.3. The third-order valence-electron chi connectivity index (χ3n) is 8.86. The Labute approximate surface area is 191 Å². The van der Waals surface area contributed by atoms with Gasteiger partial charge in [0, 0.05) is 37.9 Å². The summed E-state index contributed by atoms with van der Waals surface area (Å²) in [6.45, 7) is 4.85. The standard InChI is InChI=1S/C28H34N2O2/c1-19-26-16-22-8-7-21(20-5-3-2-4-6-20)15-23(22)18-30(26)27(31)28(19)12-9-25(17-28)29-24-10-13-32-14-11-24/h2-8,15,19,24-26,29H,9-14,16-18H2,1H3/t19?,25-,26?,28+/m1/s1. The van der Waals surface area contributed by atoms with Crippen molar-refractivity contribution in [2.45, 2.75) is 70.1 Å². The number of hydrogen-bond donors (Lipinski definition) is 1. The Kier molecular flexibility index (Phi) is 5.11. The molecule has 4 nitrogen and oxygen atoms in total. The van der Waals surface area contributed by atoms with Gasteiger partial charge in [0.25, 0.3) is 0 Å². The minimum Gasteiger partial charge on any atom is -0.381 e. The molecule has 0 aromatic heterocycles. The van der Waals surface area contributed by atoms with Gasteiger partial charge in [-0.3, -0.25) is 4.79 Å². The monoisotopic (exact) mass is 430 g/mol. The van der Waals surface area contributed by atoms with Crippen LogP contribution in [0.3, 0.4) is 0 Å². The Morgan fingerprint density at radius 2 is 1.78 bits per heavy atom. The van der Waals surface area contributed by atoms with Crippen LogP contribution in [0.4, 0.5) is 0 Å². The van der Waals surface area contributed by atoms with E-state index in [2.05, 4.69) is 65.7 Å². The molecule has 2 saturated heterocycles. The van der Waals surface area contributed by atoms with Crippen molar-refractivity contribution < 1.29 is 9.53 Å². The minimum absolute atomic E-state index is 0.169. The molecule has 0 radical (unpaired) electrons. The number of nitrogens with one attached hydrogen (secondary N) is 1. The van der Waals surface area contributed by atoms with Crippen molar-refractivity contribution in [3.63, 3.8) is 0 Å². The van der Waals surface area contributed by atoms with Crippen LogP contribution in [-0.4, -0.2) is 42.1 Å². The number of hydrogen-bond acceptors (Lipinski definition) is 3. The highest BCUT2D eigenvalue weighted by Crippen LogP contribution is 2.54. The zero-order chi connectivity index (χ0) is 21.7. The number of benzene rings is 2. The molecule has 2 aromatic carbocycles. The first-order chi connectivity index (χ1) is 15.6. The molecule has 0 bridgehead atoms. The summed E-state index contributed by atoms with van der Waals surface area (Å²) in [5, 5.41) is 3.88. The van der Waals surface area contributed by atoms with Crippen LogP contribution in [0.5, 0.6) is 0 Å². The molecule has 3 heterocycles. The fourth-order valence-corrected chi connectivity index (χ4v) is 6.96. The predicted molar refractivity (Wildman–Crippen MR) is 126 cm³/mol. The largest absolute Gasteiger partial charge is 0.381 e. The zero-order valence-electron chi connectivity index (χ0n) is 19.1. The summed E-state index contributed by atoms with van der Waals surface area (Å²) in [5.74, 6) is 0.834. The molecule has 4 atom stereocenters. The van der Waals surface area contributed by atoms with E-state index in [4.69, 9.17) is 4.74 Å². The number of nitrogens with zero attached hydrogens (tertiary/aromatic N) is 1. The SMILES string of the molecule is CC1C2Cc3ccc(-c4ccccc4)cc3CN2C(=O)[C@]12CC[C@@H](NC1CCOCC1)C2. The third kappa shape index (κ3) is 3.31. The maximum atomic E-state index is 13.9. The fourth-order valence-electron chi connectivity index (χ4n) is 6.96. The fraction of sp³-hybridized carbons (Fsp3) is 0.536. The van der Waals surface area contributed by atoms with E-state index in [0.29, 0.717) is 30.0 Å². The van der Waals surface area contributed by atoms with Gasteiger partial charge in [-0.05, 0) is 72.8 Å². The van der Waals surface area contributed by atoms with E-state index in [1.807, 2.05) is 0 Å². The summed E-state index contributed by atoms with van der Waals surface area (Å²) in [4.78, 5) is 16.1. The van der Waals surface area contributed by atoms with Crippen LogP contribution in [0.25, 0.3) is 11.1 Å². The lowest BCUT2D eigenvalue weighted by atomic mass is 9.73. The van der Waals surface area contributed by atoms with Crippen molar-refractivity contribution in [3.8, 4) is 11.1 Å². The second kappa shape index (κ2) is 8.00. The van der Waals surface area contributed by atoms with Crippen LogP contribution in [0.1, 0.15) is 50.2 Å². The molecule has 1 N–H and O–H groups in total. The number of carbonyl (C=O) groups is 1. The van der Waals surface area contributed by atoms with E-state index < -0.39 is 0 Å². The summed E-state index contributed by atoms with van der Waals surface area (Å²) < 4.78 is 5.52. The van der Waals surface area contributed by atoms with Gasteiger partial charge in [0.15, 0.2) is 0 Å². The Morgan fingerprint density at radius 1 is 0.969 bits per heavy atom. The van der Waals surface area contributed by atoms with Crippen LogP contribution >= 0.6 is 0 Å². The Hall–Kier alpha value is -2.17. The first-order valence-corrected chi connectivity index (χ1v) is 12.5. The quantitative estimate of drug-likeness (QED) is 0.776. The molecule has 4 heteroatoms. The summed E-state index contributed by atoms with van der Waals surface area (Å²) in [5.41, 5.74) is 5.08. The van der Waals surface area contributed by atoms with Gasteiger partial charge >= 0.3 is 0 Å². The molecule has 1 saturated carbocycles. The lowest BCUT2D eigenvalue weighted by Crippen LogP contribution is -2.42. The van der Waals surface area contributed by atoms with Crippen molar-refractivity contribution in [1.29, 1.82) is 0 Å². The van der Waals surface area contributed by atoms with E-state index in [9.17, 15) is 4.79 Å². The minimum atomic E-state index is -0.169. The maximum absolute atomic E-state index is 13.9. The van der Waals surface area contributed by atoms with E-state index in [0.717, 1.165) is 58.3 Å². The van der Waals surface area contributed by atoms with Crippen LogP contribution in [0, 0.1) is 11.3 Å². The van der Waals surface area contributed by atoms with Gasteiger partial charge in [0.05, 0.1) is 5.41 Å². The molecule has 32 heavy (non-hydrogen) atoms. The number of rotatable bonds is 3. The van der Waals surface area contributed by atoms with Crippen LogP contribution < -0.4 is 5.32 Å². The molecule has 1 aliphatic carbocycles. The third-order valence-corrected chi connectivity index (χ3v) is 8.86. The van der Waals surface area contributed by atoms with Gasteiger partial charge in [0.1, 0.15) is 0 Å². The van der Waals surface area contributed by atoms with Crippen LogP contribution in [0.15, 0.2) is 48.5 Å². The summed E-state index contributed by atoms with van der Waals surface area (Å²) in [6.07, 6.45) is 6.35. The number of amides is 1. The topological polar surface area (TPSA) is 41.6 Å². The first-order valence-electron chi connectivity index (χ1n) is 12.5. The molecule has 1 spiro atoms. The molecule has 3 aliphatic heterocycles. The van der Waals surface area contributed by atoms with Gasteiger partial charge in [-0.1, -0.05) is 49.4 Å². The number of ether oxygens (including phenoxy) is 1. The highest BCUT2D eigenvalue weighted by molar-refractivity contribution is 5.87. The molecule has 3 fully saturated rings. The zero-order valence-corrected chi connectivity index (χ0v) is 19.1. The van der Waals surface area contributed by atoms with Crippen LogP contribution in [0.2, 0.25) is 0 Å². The number of fused-ring (bicyclic) bond motifs is 2. The highest BCUT2D eigenvalue weighted by atomic mass is 16.5. The molecule has 4 aliphatic rings. The van der Waals surface area contributed by atoms with E-state index in [1.165, 1.54) is 22.3 Å². The second-order valence-electron chi connectivity index (χ2n) is 10.5. The lowest BCUT2D eigenvalue weighted by Gasteiger charge is -2.33. The van der Waals surface area contributed by atoms with Gasteiger partial charge < -0.3 is 15.0 Å². The van der Waals surface area contributed by atoms with Crippen molar-refractivity contribution in [2.24, 2.45) is 11.3 Å². The Bertz CT molecular complexity index is 1000. The molecule has 6 rings (SSSR count). The molecule has 1 amide bonds. The van der Waals surface area contributed by atoms with Gasteiger partial charge in [-0.2, -0.15) is 0 Å². The average Bonchev–Trinajstić information content (AvgIpc) is 3.35. The van der Waals surface area contributed by atoms with Crippen molar-refractivity contribution in [1.82, 2.24) is 10.2 Å². The highest BCUT2D eigenvalue weighted by Gasteiger charge is 2.60. The molecular formula is C28H34N2O2. The average molecular weight is 431 g/mol. The van der Waals surface area contributed by atoms with Gasteiger partial charge in [0.2, 0.25) is 5.91 Å². The van der Waals surface area contributed by atoms with E-state index in [1.54, 1.807) is 0 Å². The summed E-state index contributed by atoms with van der Waals surface area (Å²) in [6, 6.07) is 18.8. The van der Waals surface area contributed by atoms with E-state index in [-0.39, 0.29) is 5.41 Å². The molecule has 168 valence electrons. The first kappa shape index (κ1) is 20.4. The van der Waals surface area contributed by atoms with E-state index >= 15 is 0 Å². The molecule has 2 unspecified atom stereocenters. The van der Waals surface area contributed by atoms with Crippen LogP contribution in [-0.2, 0) is 22.5 Å². The molecular weight excluding hydrogens is 396 g/mol. The van der Waals surface area contributed by atoms with Crippen molar-refractivity contribution in [3.05, 3.63) is 59.7 Å². The lowest BCUT2D eigenvalue weighted by molar-refractivity contribution is -0.137. The Balaban J connectivity index is 1.21. The number of carbonyl (C=O) groups excluding carboxylic acids is 1. The smallest absolute Gasteiger partial charge is 0.229 e. The maximum Gasteiger partial charge on any atom is 0.229 e. The van der Waals surface area contributed by atoms with Gasteiger partial charge in [-0.15, -0.1) is 0 Å².